The van der Waals surface area contributed by atoms with Gasteiger partial charge in [0.1, 0.15) is 11.3 Å². The Bertz CT molecular complexity index is 1240. The van der Waals surface area contributed by atoms with Gasteiger partial charge in [-0.3, -0.25) is 14.5 Å². The van der Waals surface area contributed by atoms with Crippen LogP contribution in [0.3, 0.4) is 0 Å². The predicted molar refractivity (Wildman–Crippen MR) is 118 cm³/mol. The van der Waals surface area contributed by atoms with Crippen LogP contribution in [0.5, 0.6) is 10.9 Å². The Labute approximate surface area is 186 Å². The third kappa shape index (κ3) is 4.41. The number of nitrogens with one attached hydrogen (secondary N) is 1. The van der Waals surface area contributed by atoms with E-state index in [0.29, 0.717) is 23.1 Å². The van der Waals surface area contributed by atoms with Crippen LogP contribution < -0.4 is 10.1 Å². The number of fused-ring (bicyclic) bond motifs is 2. The molecule has 1 amide bonds. The number of furan rings is 1. The van der Waals surface area contributed by atoms with E-state index in [4.69, 9.17) is 9.15 Å². The molecule has 1 N–H and O–H groups in total. The van der Waals surface area contributed by atoms with Crippen LogP contribution in [0.4, 0.5) is 0 Å². The fourth-order valence-corrected chi connectivity index (χ4v) is 4.65. The van der Waals surface area contributed by atoms with E-state index < -0.39 is 0 Å². The molecular weight excluding hydrogens is 432 g/mol. The molecule has 0 aliphatic carbocycles. The number of amides is 1. The van der Waals surface area contributed by atoms with Crippen LogP contribution in [0.2, 0.25) is 0 Å². The Morgan fingerprint density at radius 3 is 3.19 bits per heavy atom. The minimum Gasteiger partial charge on any atom is -0.464 e. The lowest BCUT2D eigenvalue weighted by Gasteiger charge is -2.16. The molecular formula is C22H20N4O5S. The van der Waals surface area contributed by atoms with Crippen molar-refractivity contribution in [1.82, 2.24) is 20.2 Å². The van der Waals surface area contributed by atoms with Crippen molar-refractivity contribution in [3.8, 4) is 10.9 Å². The molecule has 1 saturated heterocycles. The highest BCUT2D eigenvalue weighted by Gasteiger charge is 2.25. The maximum Gasteiger partial charge on any atom is 0.293 e. The topological polar surface area (TPSA) is 107 Å². The number of pyridine rings is 1. The standard InChI is InChI=1S/C22H20N4O5S/c27-13-29-12-20(28)24-15-5-7-26(10-15)9-14-11-30-18-8-16(3-4-17(14)18)31-22-25-21-19(32-22)2-1-6-23-21/h1-4,6,8,11,13,15H,5,7,9-10,12H2,(H,24,28). The van der Waals surface area contributed by atoms with Crippen molar-refractivity contribution in [2.45, 2.75) is 19.0 Å². The van der Waals surface area contributed by atoms with Crippen LogP contribution in [0.1, 0.15) is 12.0 Å². The van der Waals surface area contributed by atoms with E-state index >= 15 is 0 Å². The summed E-state index contributed by atoms with van der Waals surface area (Å²) in [5.41, 5.74) is 2.49. The summed E-state index contributed by atoms with van der Waals surface area (Å²) in [6.45, 7) is 2.33. The molecule has 1 unspecified atom stereocenters. The Morgan fingerprint density at radius 2 is 2.31 bits per heavy atom. The zero-order valence-electron chi connectivity index (χ0n) is 17.0. The normalized spacial score (nSPS) is 16.4. The zero-order valence-corrected chi connectivity index (χ0v) is 17.8. The molecule has 9 nitrogen and oxygen atoms in total. The molecule has 4 aromatic rings. The zero-order chi connectivity index (χ0) is 21.9. The molecule has 1 aliphatic rings. The lowest BCUT2D eigenvalue weighted by Crippen LogP contribution is -2.38. The molecule has 10 heteroatoms. The Kier molecular flexibility index (Phi) is 5.70. The average molecular weight is 452 g/mol. The largest absolute Gasteiger partial charge is 0.464 e. The molecule has 0 bridgehead atoms. The molecule has 1 atom stereocenters. The highest BCUT2D eigenvalue weighted by Crippen LogP contribution is 2.33. The molecule has 0 radical (unpaired) electrons. The number of hydrogen-bond acceptors (Lipinski definition) is 9. The van der Waals surface area contributed by atoms with Gasteiger partial charge in [0.25, 0.3) is 17.6 Å². The van der Waals surface area contributed by atoms with E-state index in [1.807, 2.05) is 30.3 Å². The summed E-state index contributed by atoms with van der Waals surface area (Å²) in [5.74, 6) is 0.369. The summed E-state index contributed by atoms with van der Waals surface area (Å²) in [6, 6.07) is 9.63. The fourth-order valence-electron chi connectivity index (χ4n) is 3.86. The van der Waals surface area contributed by atoms with Gasteiger partial charge in [-0.15, -0.1) is 0 Å². The predicted octanol–water partition coefficient (Wildman–Crippen LogP) is 3.09. The van der Waals surface area contributed by atoms with E-state index in [1.165, 1.54) is 11.3 Å². The number of thiazole rings is 1. The number of carbonyl (C=O) groups is 2. The van der Waals surface area contributed by atoms with Gasteiger partial charge in [0.2, 0.25) is 0 Å². The first-order valence-electron chi connectivity index (χ1n) is 10.1. The third-order valence-electron chi connectivity index (χ3n) is 5.29. The highest BCUT2D eigenvalue weighted by molar-refractivity contribution is 7.20. The Morgan fingerprint density at radius 1 is 1.38 bits per heavy atom. The molecule has 164 valence electrons. The van der Waals surface area contributed by atoms with E-state index in [1.54, 1.807) is 12.5 Å². The number of aromatic nitrogens is 2. The van der Waals surface area contributed by atoms with Crippen molar-refractivity contribution in [1.29, 1.82) is 0 Å². The van der Waals surface area contributed by atoms with Crippen molar-refractivity contribution in [2.75, 3.05) is 19.7 Å². The van der Waals surface area contributed by atoms with Crippen LogP contribution in [0, 0.1) is 0 Å². The number of likely N-dealkylation sites (tertiary alicyclic amines) is 1. The van der Waals surface area contributed by atoms with Crippen LogP contribution in [-0.4, -0.2) is 53.0 Å². The van der Waals surface area contributed by atoms with Crippen LogP contribution >= 0.6 is 11.3 Å². The van der Waals surface area contributed by atoms with Gasteiger partial charge in [-0.05, 0) is 30.7 Å². The number of ether oxygens (including phenoxy) is 2. The minimum atomic E-state index is -0.283. The van der Waals surface area contributed by atoms with E-state index in [-0.39, 0.29) is 25.0 Å². The average Bonchev–Trinajstić information content (AvgIpc) is 3.51. The van der Waals surface area contributed by atoms with Crippen molar-refractivity contribution in [3.05, 3.63) is 48.4 Å². The molecule has 0 saturated carbocycles. The number of nitrogens with zero attached hydrogens (tertiary/aromatic N) is 3. The van der Waals surface area contributed by atoms with Crippen LogP contribution in [0.25, 0.3) is 21.3 Å². The summed E-state index contributed by atoms with van der Waals surface area (Å²) in [7, 11) is 0. The van der Waals surface area contributed by atoms with Crippen molar-refractivity contribution in [3.63, 3.8) is 0 Å². The Hall–Kier alpha value is -3.50. The van der Waals surface area contributed by atoms with E-state index in [2.05, 4.69) is 24.9 Å². The van der Waals surface area contributed by atoms with Gasteiger partial charge < -0.3 is 19.2 Å². The molecule has 4 heterocycles. The van der Waals surface area contributed by atoms with Crippen molar-refractivity contribution in [2.24, 2.45) is 0 Å². The van der Waals surface area contributed by atoms with Gasteiger partial charge in [-0.25, -0.2) is 4.98 Å². The van der Waals surface area contributed by atoms with E-state index in [9.17, 15) is 9.59 Å². The van der Waals surface area contributed by atoms with Crippen molar-refractivity contribution < 1.29 is 23.5 Å². The summed E-state index contributed by atoms with van der Waals surface area (Å²) in [5, 5.41) is 4.45. The quantitative estimate of drug-likeness (QED) is 0.407. The number of rotatable bonds is 8. The number of benzene rings is 1. The van der Waals surface area contributed by atoms with E-state index in [0.717, 1.165) is 40.7 Å². The van der Waals surface area contributed by atoms with Gasteiger partial charge in [0.05, 0.1) is 11.0 Å². The van der Waals surface area contributed by atoms with Gasteiger partial charge in [-0.2, -0.15) is 4.98 Å². The van der Waals surface area contributed by atoms with Gasteiger partial charge in [-0.1, -0.05) is 11.3 Å². The molecule has 1 fully saturated rings. The SMILES string of the molecule is O=COCC(=O)NC1CCN(Cc2coc3cc(Oc4nc5ncccc5s4)ccc23)C1. The molecule has 1 aliphatic heterocycles. The maximum absolute atomic E-state index is 11.7. The number of carbonyl (C=O) groups excluding carboxylic acids is 2. The molecule has 5 rings (SSSR count). The third-order valence-corrected chi connectivity index (χ3v) is 6.18. The van der Waals surface area contributed by atoms with Gasteiger partial charge in [0.15, 0.2) is 12.3 Å². The minimum absolute atomic E-state index is 0.0409. The molecule has 1 aromatic carbocycles. The molecule has 32 heavy (non-hydrogen) atoms. The summed E-state index contributed by atoms with van der Waals surface area (Å²) >= 11 is 1.44. The first-order chi connectivity index (χ1) is 15.7. The monoisotopic (exact) mass is 452 g/mol. The van der Waals surface area contributed by atoms with Crippen molar-refractivity contribution >= 4 is 45.0 Å². The van der Waals surface area contributed by atoms with Gasteiger partial charge in [0, 0.05) is 48.9 Å². The lowest BCUT2D eigenvalue weighted by atomic mass is 10.1. The molecule has 3 aromatic heterocycles. The first-order valence-corrected chi connectivity index (χ1v) is 11.0. The second-order valence-electron chi connectivity index (χ2n) is 7.52. The summed E-state index contributed by atoms with van der Waals surface area (Å²) in [6.07, 6.45) is 4.32. The molecule has 0 spiro atoms. The maximum atomic E-state index is 11.7. The van der Waals surface area contributed by atoms with Crippen LogP contribution in [0.15, 0.2) is 47.2 Å². The number of hydrogen-bond donors (Lipinski definition) is 1. The second-order valence-corrected chi connectivity index (χ2v) is 8.51. The highest BCUT2D eigenvalue weighted by atomic mass is 32.1. The fraction of sp³-hybridized carbons (Fsp3) is 0.273. The first kappa shape index (κ1) is 20.4. The smallest absolute Gasteiger partial charge is 0.293 e. The van der Waals surface area contributed by atoms with Crippen LogP contribution in [-0.2, 0) is 20.9 Å². The summed E-state index contributed by atoms with van der Waals surface area (Å²) < 4.78 is 17.2. The lowest BCUT2D eigenvalue weighted by molar-refractivity contribution is -0.137. The summed E-state index contributed by atoms with van der Waals surface area (Å²) in [4.78, 5) is 32.8. The van der Waals surface area contributed by atoms with Gasteiger partial charge >= 0.3 is 0 Å². The Balaban J connectivity index is 1.22. The second kappa shape index (κ2) is 8.93.